The van der Waals surface area contributed by atoms with Crippen molar-refractivity contribution in [2.75, 3.05) is 13.1 Å². The number of amides is 1. The monoisotopic (exact) mass is 382 g/mol. The van der Waals surface area contributed by atoms with E-state index in [1.165, 1.54) is 29.7 Å². The van der Waals surface area contributed by atoms with Crippen LogP contribution in [-0.2, 0) is 11.3 Å². The van der Waals surface area contributed by atoms with Crippen LogP contribution in [0.1, 0.15) is 50.1 Å². The van der Waals surface area contributed by atoms with Gasteiger partial charge < -0.3 is 9.47 Å². The number of carbonyl (C=O) groups excluding carboxylic acids is 1. The summed E-state index contributed by atoms with van der Waals surface area (Å²) in [5, 5.41) is 2.09. The van der Waals surface area contributed by atoms with Gasteiger partial charge >= 0.3 is 0 Å². The van der Waals surface area contributed by atoms with E-state index in [9.17, 15) is 9.59 Å². The number of pyridine rings is 1. The average Bonchev–Trinajstić information content (AvgIpc) is 3.23. The standard InChI is InChI=1S/C22H26N2O2S/c25-20-9-8-18(19-7-4-10-27-19)21-17-11-15(13-24(20)21)12-23(14-17)22(26)16-5-2-1-3-6-16/h4,7-10,15-17H,1-3,5-6,11-14H2/t15-,17-/m0/s1. The third-order valence-electron chi connectivity index (χ3n) is 6.64. The summed E-state index contributed by atoms with van der Waals surface area (Å²) in [7, 11) is 0. The Hall–Kier alpha value is -1.88. The van der Waals surface area contributed by atoms with Gasteiger partial charge in [0.1, 0.15) is 0 Å². The lowest BCUT2D eigenvalue weighted by Gasteiger charge is -2.44. The SMILES string of the molecule is O=C(C1CCCCC1)N1C[C@@H]2C[C@@H](C1)c1c(-c3cccs3)ccc(=O)n1C2. The zero-order chi connectivity index (χ0) is 18.4. The van der Waals surface area contributed by atoms with Gasteiger partial charge in [-0.15, -0.1) is 11.3 Å². The zero-order valence-corrected chi connectivity index (χ0v) is 16.4. The highest BCUT2D eigenvalue weighted by Crippen LogP contribution is 2.41. The van der Waals surface area contributed by atoms with E-state index in [2.05, 4.69) is 22.4 Å². The van der Waals surface area contributed by atoms with Gasteiger partial charge in [-0.1, -0.05) is 25.3 Å². The van der Waals surface area contributed by atoms with Crippen molar-refractivity contribution >= 4 is 17.2 Å². The topological polar surface area (TPSA) is 42.3 Å². The summed E-state index contributed by atoms with van der Waals surface area (Å²) in [6, 6.07) is 7.89. The molecule has 2 bridgehead atoms. The third-order valence-corrected chi connectivity index (χ3v) is 7.55. The Balaban J connectivity index is 1.49. The number of nitrogens with zero attached hydrogens (tertiary/aromatic N) is 2. The summed E-state index contributed by atoms with van der Waals surface area (Å²) >= 11 is 1.72. The minimum atomic E-state index is 0.104. The van der Waals surface area contributed by atoms with Gasteiger partial charge in [-0.25, -0.2) is 0 Å². The van der Waals surface area contributed by atoms with E-state index in [1.807, 2.05) is 10.6 Å². The van der Waals surface area contributed by atoms with Crippen molar-refractivity contribution in [3.8, 4) is 10.4 Å². The molecule has 27 heavy (non-hydrogen) atoms. The molecule has 1 amide bonds. The molecule has 2 aromatic heterocycles. The Kier molecular flexibility index (Phi) is 4.43. The minimum Gasteiger partial charge on any atom is -0.341 e. The van der Waals surface area contributed by atoms with Gasteiger partial charge in [-0.3, -0.25) is 9.59 Å². The number of hydrogen-bond acceptors (Lipinski definition) is 3. The first-order valence-corrected chi connectivity index (χ1v) is 11.1. The molecule has 4 nitrogen and oxygen atoms in total. The summed E-state index contributed by atoms with van der Waals surface area (Å²) < 4.78 is 2.00. The van der Waals surface area contributed by atoms with Gasteiger partial charge in [-0.2, -0.15) is 0 Å². The number of carbonyl (C=O) groups is 1. The van der Waals surface area contributed by atoms with E-state index < -0.39 is 0 Å². The van der Waals surface area contributed by atoms with Crippen molar-refractivity contribution in [3.63, 3.8) is 0 Å². The van der Waals surface area contributed by atoms with Crippen LogP contribution in [0.15, 0.2) is 34.4 Å². The molecule has 5 heteroatoms. The number of rotatable bonds is 2. The highest BCUT2D eigenvalue weighted by atomic mass is 32.1. The lowest BCUT2D eigenvalue weighted by Crippen LogP contribution is -2.51. The molecule has 3 aliphatic rings. The smallest absolute Gasteiger partial charge is 0.250 e. The molecule has 142 valence electrons. The van der Waals surface area contributed by atoms with E-state index in [0.717, 1.165) is 44.6 Å². The maximum Gasteiger partial charge on any atom is 0.250 e. The van der Waals surface area contributed by atoms with Crippen LogP contribution in [0.4, 0.5) is 0 Å². The molecule has 1 saturated heterocycles. The molecule has 5 rings (SSSR count). The van der Waals surface area contributed by atoms with Gasteiger partial charge in [0.2, 0.25) is 5.91 Å². The van der Waals surface area contributed by atoms with Gasteiger partial charge in [-0.05, 0) is 42.7 Å². The zero-order valence-electron chi connectivity index (χ0n) is 15.6. The first kappa shape index (κ1) is 17.2. The number of fused-ring (bicyclic) bond motifs is 4. The summed E-state index contributed by atoms with van der Waals surface area (Å²) in [6.07, 6.45) is 6.86. The van der Waals surface area contributed by atoms with Crippen LogP contribution in [0.25, 0.3) is 10.4 Å². The molecule has 0 N–H and O–H groups in total. The Bertz CT molecular complexity index is 896. The fourth-order valence-electron chi connectivity index (χ4n) is 5.44. The molecule has 0 spiro atoms. The van der Waals surface area contributed by atoms with Crippen molar-refractivity contribution in [1.29, 1.82) is 0 Å². The minimum absolute atomic E-state index is 0.104. The van der Waals surface area contributed by atoms with Gasteiger partial charge in [0, 0.05) is 53.7 Å². The van der Waals surface area contributed by atoms with Crippen molar-refractivity contribution < 1.29 is 4.79 Å². The van der Waals surface area contributed by atoms with Crippen LogP contribution in [0.2, 0.25) is 0 Å². The van der Waals surface area contributed by atoms with Crippen LogP contribution in [0.5, 0.6) is 0 Å². The van der Waals surface area contributed by atoms with E-state index in [4.69, 9.17) is 0 Å². The van der Waals surface area contributed by atoms with Crippen molar-refractivity contribution in [2.24, 2.45) is 11.8 Å². The second-order valence-electron chi connectivity index (χ2n) is 8.44. The van der Waals surface area contributed by atoms with Crippen LogP contribution >= 0.6 is 11.3 Å². The fraction of sp³-hybridized carbons (Fsp3) is 0.545. The van der Waals surface area contributed by atoms with E-state index in [0.29, 0.717) is 11.8 Å². The molecule has 0 unspecified atom stereocenters. The van der Waals surface area contributed by atoms with Crippen molar-refractivity contribution in [2.45, 2.75) is 51.0 Å². The molecule has 2 aliphatic heterocycles. The highest BCUT2D eigenvalue weighted by molar-refractivity contribution is 7.13. The van der Waals surface area contributed by atoms with Crippen LogP contribution in [-0.4, -0.2) is 28.5 Å². The van der Waals surface area contributed by atoms with Crippen molar-refractivity contribution in [1.82, 2.24) is 9.47 Å². The first-order valence-electron chi connectivity index (χ1n) is 10.3. The second-order valence-corrected chi connectivity index (χ2v) is 9.38. The number of aromatic nitrogens is 1. The number of hydrogen-bond donors (Lipinski definition) is 0. The van der Waals surface area contributed by atoms with Gasteiger partial charge in [0.15, 0.2) is 0 Å². The Morgan fingerprint density at radius 1 is 1.04 bits per heavy atom. The molecule has 2 fully saturated rings. The van der Waals surface area contributed by atoms with Gasteiger partial charge in [0.25, 0.3) is 5.56 Å². The predicted octanol–water partition coefficient (Wildman–Crippen LogP) is 4.10. The molecular formula is C22H26N2O2S. The quantitative estimate of drug-likeness (QED) is 0.785. The Morgan fingerprint density at radius 2 is 1.89 bits per heavy atom. The summed E-state index contributed by atoms with van der Waals surface area (Å²) in [6.45, 7) is 2.34. The maximum absolute atomic E-state index is 13.1. The number of thiophene rings is 1. The maximum atomic E-state index is 13.1. The van der Waals surface area contributed by atoms with Crippen LogP contribution < -0.4 is 5.56 Å². The van der Waals surface area contributed by atoms with Crippen LogP contribution in [0, 0.1) is 11.8 Å². The normalized spacial score (nSPS) is 25.3. The molecule has 2 atom stereocenters. The lowest BCUT2D eigenvalue weighted by molar-refractivity contribution is -0.139. The molecule has 1 saturated carbocycles. The fourth-order valence-corrected chi connectivity index (χ4v) is 6.20. The molecule has 0 radical (unpaired) electrons. The largest absolute Gasteiger partial charge is 0.341 e. The van der Waals surface area contributed by atoms with E-state index in [1.54, 1.807) is 17.4 Å². The second kappa shape index (κ2) is 6.93. The molecule has 1 aliphatic carbocycles. The number of likely N-dealkylation sites (tertiary alicyclic amines) is 1. The number of piperidine rings is 1. The Morgan fingerprint density at radius 3 is 2.67 bits per heavy atom. The molecule has 0 aromatic carbocycles. The highest BCUT2D eigenvalue weighted by Gasteiger charge is 2.39. The lowest BCUT2D eigenvalue weighted by atomic mass is 9.80. The molecular weight excluding hydrogens is 356 g/mol. The Labute approximate surface area is 163 Å². The third kappa shape index (κ3) is 3.06. The van der Waals surface area contributed by atoms with Crippen LogP contribution in [0.3, 0.4) is 0 Å². The van der Waals surface area contributed by atoms with Gasteiger partial charge in [0.05, 0.1) is 0 Å². The first-order chi connectivity index (χ1) is 13.2. The summed E-state index contributed by atoms with van der Waals surface area (Å²) in [5.74, 6) is 1.28. The summed E-state index contributed by atoms with van der Waals surface area (Å²) in [5.41, 5.74) is 2.44. The predicted molar refractivity (Wildman–Crippen MR) is 108 cm³/mol. The molecule has 4 heterocycles. The van der Waals surface area contributed by atoms with Crippen molar-refractivity contribution in [3.05, 3.63) is 45.7 Å². The average molecular weight is 383 g/mol. The van der Waals surface area contributed by atoms with E-state index >= 15 is 0 Å². The molecule has 2 aromatic rings. The summed E-state index contributed by atoms with van der Waals surface area (Å²) in [4.78, 5) is 29.1. The van der Waals surface area contributed by atoms with E-state index in [-0.39, 0.29) is 17.4 Å².